The van der Waals surface area contributed by atoms with Crippen LogP contribution in [0.25, 0.3) is 10.2 Å². The molecule has 0 atom stereocenters. The molecule has 7 heteroatoms. The van der Waals surface area contributed by atoms with E-state index < -0.39 is 5.97 Å². The third-order valence-electron chi connectivity index (χ3n) is 3.46. The van der Waals surface area contributed by atoms with Gasteiger partial charge in [-0.3, -0.25) is 4.79 Å². The molecule has 0 aliphatic carbocycles. The molecule has 1 aromatic carbocycles. The van der Waals surface area contributed by atoms with Crippen LogP contribution >= 0.6 is 23.1 Å². The third-order valence-corrected chi connectivity index (χ3v) is 5.57. The SMILES string of the molecule is CCOC(=O)c1sc2nc(SCc3ccccc3)[nH]c(=O)c2c1C. The number of benzene rings is 1. The molecule has 24 heavy (non-hydrogen) atoms. The molecule has 0 aliphatic heterocycles. The monoisotopic (exact) mass is 360 g/mol. The van der Waals surface area contributed by atoms with Gasteiger partial charge in [0.15, 0.2) is 5.16 Å². The Balaban J connectivity index is 1.92. The van der Waals surface area contributed by atoms with E-state index >= 15 is 0 Å². The van der Waals surface area contributed by atoms with Gasteiger partial charge in [0.1, 0.15) is 9.71 Å². The number of ether oxygens (including phenoxy) is 1. The summed E-state index contributed by atoms with van der Waals surface area (Å²) in [5.74, 6) is 0.306. The van der Waals surface area contributed by atoms with Gasteiger partial charge in [-0.15, -0.1) is 11.3 Å². The standard InChI is InChI=1S/C17H16N2O3S2/c1-3-22-16(21)13-10(2)12-14(20)18-17(19-15(12)24-13)23-9-11-7-5-4-6-8-11/h4-8H,3,9H2,1-2H3,(H,18,19,20). The second kappa shape index (κ2) is 7.19. The largest absolute Gasteiger partial charge is 0.462 e. The quantitative estimate of drug-likeness (QED) is 0.426. The number of nitrogens with one attached hydrogen (secondary N) is 1. The average molecular weight is 360 g/mol. The third kappa shape index (κ3) is 3.37. The van der Waals surface area contributed by atoms with Crippen molar-refractivity contribution < 1.29 is 9.53 Å². The Morgan fingerprint density at radius 3 is 2.79 bits per heavy atom. The summed E-state index contributed by atoms with van der Waals surface area (Å²) < 4.78 is 5.04. The Hall–Kier alpha value is -2.12. The molecule has 0 amide bonds. The first-order valence-corrected chi connectivity index (χ1v) is 9.27. The number of nitrogens with zero attached hydrogens (tertiary/aromatic N) is 1. The van der Waals surface area contributed by atoms with Crippen molar-refractivity contribution >= 4 is 39.3 Å². The molecular weight excluding hydrogens is 344 g/mol. The van der Waals surface area contributed by atoms with Crippen LogP contribution in [0.5, 0.6) is 0 Å². The van der Waals surface area contributed by atoms with Crippen molar-refractivity contribution in [1.82, 2.24) is 9.97 Å². The predicted molar refractivity (Wildman–Crippen MR) is 96.9 cm³/mol. The first-order chi connectivity index (χ1) is 11.6. The highest BCUT2D eigenvalue weighted by Crippen LogP contribution is 2.29. The van der Waals surface area contributed by atoms with E-state index in [-0.39, 0.29) is 5.56 Å². The van der Waals surface area contributed by atoms with Crippen LogP contribution < -0.4 is 5.56 Å². The minimum absolute atomic E-state index is 0.222. The fourth-order valence-electron chi connectivity index (χ4n) is 2.31. The summed E-state index contributed by atoms with van der Waals surface area (Å²) in [5.41, 5.74) is 1.56. The molecule has 0 saturated carbocycles. The maximum atomic E-state index is 12.4. The van der Waals surface area contributed by atoms with E-state index in [1.165, 1.54) is 23.1 Å². The average Bonchev–Trinajstić information content (AvgIpc) is 2.91. The van der Waals surface area contributed by atoms with Gasteiger partial charge in [0.05, 0.1) is 12.0 Å². The fourth-order valence-corrected chi connectivity index (χ4v) is 4.26. The number of thioether (sulfide) groups is 1. The first kappa shape index (κ1) is 16.7. The van der Waals surface area contributed by atoms with Crippen molar-refractivity contribution in [3.05, 3.63) is 56.7 Å². The maximum Gasteiger partial charge on any atom is 0.348 e. The zero-order valence-corrected chi connectivity index (χ0v) is 14.9. The number of carbonyl (C=O) groups is 1. The summed E-state index contributed by atoms with van der Waals surface area (Å²) in [7, 11) is 0. The number of carbonyl (C=O) groups excluding carboxylic acids is 1. The summed E-state index contributed by atoms with van der Waals surface area (Å²) in [5, 5.41) is 1.01. The lowest BCUT2D eigenvalue weighted by atomic mass is 10.2. The number of aromatic amines is 1. The van der Waals surface area contributed by atoms with Crippen LogP contribution in [0.4, 0.5) is 0 Å². The number of aryl methyl sites for hydroxylation is 1. The van der Waals surface area contributed by atoms with Gasteiger partial charge in [-0.05, 0) is 25.0 Å². The van der Waals surface area contributed by atoms with Crippen LogP contribution in [0.15, 0.2) is 40.3 Å². The first-order valence-electron chi connectivity index (χ1n) is 7.47. The van der Waals surface area contributed by atoms with Gasteiger partial charge in [-0.1, -0.05) is 42.1 Å². The molecule has 2 aromatic heterocycles. The van der Waals surface area contributed by atoms with Gasteiger partial charge in [0, 0.05) is 5.75 Å². The summed E-state index contributed by atoms with van der Waals surface area (Å²) in [6.07, 6.45) is 0. The number of aromatic nitrogens is 2. The van der Waals surface area contributed by atoms with Gasteiger partial charge >= 0.3 is 5.97 Å². The number of fused-ring (bicyclic) bond motifs is 1. The summed E-state index contributed by atoms with van der Waals surface area (Å²) in [4.78, 5) is 32.7. The van der Waals surface area contributed by atoms with Crippen molar-refractivity contribution in [3.63, 3.8) is 0 Å². The van der Waals surface area contributed by atoms with Crippen LogP contribution in [0, 0.1) is 6.92 Å². The summed E-state index contributed by atoms with van der Waals surface area (Å²) >= 11 is 2.66. The molecule has 5 nitrogen and oxygen atoms in total. The minimum Gasteiger partial charge on any atom is -0.462 e. The predicted octanol–water partition coefficient (Wildman–Crippen LogP) is 3.76. The van der Waals surface area contributed by atoms with Crippen molar-refractivity contribution in [2.45, 2.75) is 24.8 Å². The second-order valence-electron chi connectivity index (χ2n) is 5.10. The summed E-state index contributed by atoms with van der Waals surface area (Å²) in [6, 6.07) is 9.97. The molecule has 3 aromatic rings. The maximum absolute atomic E-state index is 12.4. The van der Waals surface area contributed by atoms with Crippen LogP contribution in [0.2, 0.25) is 0 Å². The highest BCUT2D eigenvalue weighted by molar-refractivity contribution is 7.98. The van der Waals surface area contributed by atoms with Crippen LogP contribution in [-0.2, 0) is 10.5 Å². The van der Waals surface area contributed by atoms with Gasteiger partial charge in [-0.25, -0.2) is 9.78 Å². The van der Waals surface area contributed by atoms with E-state index in [9.17, 15) is 9.59 Å². The molecule has 0 spiro atoms. The van der Waals surface area contributed by atoms with E-state index in [0.717, 1.165) is 5.56 Å². The number of hydrogen-bond donors (Lipinski definition) is 1. The zero-order valence-electron chi connectivity index (χ0n) is 13.3. The Labute approximate surface area is 147 Å². The molecule has 1 N–H and O–H groups in total. The molecule has 0 unspecified atom stereocenters. The highest BCUT2D eigenvalue weighted by atomic mass is 32.2. The Bertz CT molecular complexity index is 932. The van der Waals surface area contributed by atoms with Gasteiger partial charge in [0.2, 0.25) is 0 Å². The van der Waals surface area contributed by atoms with Gasteiger partial charge < -0.3 is 9.72 Å². The lowest BCUT2D eigenvalue weighted by molar-refractivity contribution is 0.0531. The van der Waals surface area contributed by atoms with Crippen LogP contribution in [0.3, 0.4) is 0 Å². The van der Waals surface area contributed by atoms with E-state index in [4.69, 9.17) is 4.74 Å². The fraction of sp³-hybridized carbons (Fsp3) is 0.235. The minimum atomic E-state index is -0.407. The van der Waals surface area contributed by atoms with Crippen LogP contribution in [0.1, 0.15) is 27.7 Å². The number of thiophene rings is 1. The number of H-pyrrole nitrogens is 1. The molecule has 3 rings (SSSR count). The van der Waals surface area contributed by atoms with Crippen LogP contribution in [-0.4, -0.2) is 22.5 Å². The lowest BCUT2D eigenvalue weighted by Crippen LogP contribution is -2.09. The van der Waals surface area contributed by atoms with E-state index in [1.807, 2.05) is 30.3 Å². The Kier molecular flexibility index (Phi) is 5.01. The Morgan fingerprint density at radius 2 is 2.08 bits per heavy atom. The van der Waals surface area contributed by atoms with E-state index in [1.54, 1.807) is 13.8 Å². The van der Waals surface area contributed by atoms with E-state index in [0.29, 0.717) is 38.2 Å². The van der Waals surface area contributed by atoms with Crippen molar-refractivity contribution in [1.29, 1.82) is 0 Å². The van der Waals surface area contributed by atoms with E-state index in [2.05, 4.69) is 9.97 Å². The molecule has 2 heterocycles. The molecule has 0 saturated heterocycles. The number of esters is 1. The van der Waals surface area contributed by atoms with Gasteiger partial charge in [0.25, 0.3) is 5.56 Å². The molecule has 0 radical (unpaired) electrons. The number of rotatable bonds is 5. The molecular formula is C17H16N2O3S2. The second-order valence-corrected chi connectivity index (χ2v) is 7.07. The van der Waals surface area contributed by atoms with Gasteiger partial charge in [-0.2, -0.15) is 0 Å². The summed E-state index contributed by atoms with van der Waals surface area (Å²) in [6.45, 7) is 3.80. The number of hydrogen-bond acceptors (Lipinski definition) is 6. The topological polar surface area (TPSA) is 72.0 Å². The highest BCUT2D eigenvalue weighted by Gasteiger charge is 2.20. The molecule has 124 valence electrons. The van der Waals surface area contributed by atoms with Crippen molar-refractivity contribution in [2.75, 3.05) is 6.61 Å². The molecule has 0 fully saturated rings. The van der Waals surface area contributed by atoms with Crippen molar-refractivity contribution in [3.8, 4) is 0 Å². The van der Waals surface area contributed by atoms with Crippen molar-refractivity contribution in [2.24, 2.45) is 0 Å². The smallest absolute Gasteiger partial charge is 0.348 e. The lowest BCUT2D eigenvalue weighted by Gasteiger charge is -2.01. The molecule has 0 aliphatic rings. The zero-order chi connectivity index (χ0) is 17.1. The molecule has 0 bridgehead atoms. The Morgan fingerprint density at radius 1 is 1.33 bits per heavy atom. The normalized spacial score (nSPS) is 10.9.